The van der Waals surface area contributed by atoms with Crippen molar-refractivity contribution in [3.05, 3.63) is 69.8 Å². The Labute approximate surface area is 357 Å². The van der Waals surface area contributed by atoms with E-state index in [1.165, 1.54) is 53.2 Å². The summed E-state index contributed by atoms with van der Waals surface area (Å²) < 4.78 is 15.3. The lowest BCUT2D eigenvalue weighted by atomic mass is 9.66. The van der Waals surface area contributed by atoms with Crippen LogP contribution in [0.15, 0.2) is 52.3 Å². The second kappa shape index (κ2) is 17.3. The number of allylic oxidation sites excluding steroid dienone is 5. The van der Waals surface area contributed by atoms with Crippen LogP contribution in [0.1, 0.15) is 107 Å². The van der Waals surface area contributed by atoms with Crippen molar-refractivity contribution in [3.63, 3.8) is 0 Å². The molecule has 14 nitrogen and oxygen atoms in total. The molecule has 4 amide bonds. The molecule has 0 bridgehead atoms. The summed E-state index contributed by atoms with van der Waals surface area (Å²) in [5, 5.41) is 5.61. The third-order valence-electron chi connectivity index (χ3n) is 14.3. The number of likely N-dealkylation sites (tertiary alicyclic amines) is 2. The molecule has 5 heterocycles. The molecular formula is C47H59N7O7. The lowest BCUT2D eigenvalue weighted by Crippen LogP contribution is -2.53. The van der Waals surface area contributed by atoms with Gasteiger partial charge in [-0.15, -0.1) is 0 Å². The highest BCUT2D eigenvalue weighted by atomic mass is 16.5. The summed E-state index contributed by atoms with van der Waals surface area (Å²) in [6.45, 7) is 6.29. The molecule has 4 aliphatic heterocycles. The van der Waals surface area contributed by atoms with Gasteiger partial charge in [0.2, 0.25) is 11.8 Å². The number of alkyl carbamates (subject to hydrolysis) is 2. The Kier molecular flexibility index (Phi) is 11.6. The number of hydrogen-bond donors (Lipinski definition) is 3. The normalized spacial score (nSPS) is 24.5. The molecule has 14 heteroatoms. The number of imidazole rings is 1. The SMILES string of the molecule is COC(=O)N[C@H](C(=O)N1CCC[C@H]1C1=NC=C(C2=CC3=C4c5c(cc(-c6cnc([C@@H]7CCCN7C(=O)[C@@H](NC(=O)OC)C7CCOCC7)[nH]6)cc5CCC4C2)CC3)C1)C(C)C. The number of nitrogens with zero attached hydrogens (tertiary/aromatic N) is 4. The molecule has 2 aromatic rings. The zero-order valence-electron chi connectivity index (χ0n) is 35.9. The fourth-order valence-corrected chi connectivity index (χ4v) is 11.1. The number of nitrogens with one attached hydrogen (secondary N) is 3. The zero-order chi connectivity index (χ0) is 42.4. The van der Waals surface area contributed by atoms with Crippen molar-refractivity contribution < 1.29 is 33.4 Å². The summed E-state index contributed by atoms with van der Waals surface area (Å²) in [5.74, 6) is 0.993. The molecule has 3 saturated heterocycles. The number of amides is 4. The molecule has 0 saturated carbocycles. The van der Waals surface area contributed by atoms with Crippen LogP contribution in [0.2, 0.25) is 0 Å². The first-order valence-corrected chi connectivity index (χ1v) is 22.4. The molecule has 1 aromatic heterocycles. The van der Waals surface area contributed by atoms with Gasteiger partial charge in [0.05, 0.1) is 38.2 Å². The number of aromatic amines is 1. The second-order valence-corrected chi connectivity index (χ2v) is 18.2. The van der Waals surface area contributed by atoms with E-state index in [4.69, 9.17) is 24.2 Å². The Morgan fingerprint density at radius 1 is 0.852 bits per heavy atom. The van der Waals surface area contributed by atoms with E-state index in [9.17, 15) is 19.2 Å². The molecule has 9 rings (SSSR count). The maximum Gasteiger partial charge on any atom is 0.407 e. The summed E-state index contributed by atoms with van der Waals surface area (Å²) in [4.78, 5) is 69.6. The first-order valence-electron chi connectivity index (χ1n) is 22.4. The number of aromatic nitrogens is 2. The number of carbonyl (C=O) groups excluding carboxylic acids is 4. The molecule has 3 N–H and O–H groups in total. The van der Waals surface area contributed by atoms with Gasteiger partial charge in [-0.1, -0.05) is 19.9 Å². The molecule has 3 fully saturated rings. The average molecular weight is 834 g/mol. The van der Waals surface area contributed by atoms with E-state index in [-0.39, 0.29) is 35.7 Å². The molecule has 7 aliphatic rings. The zero-order valence-corrected chi connectivity index (χ0v) is 35.9. The number of aliphatic imine (C=N–C) groups is 1. The van der Waals surface area contributed by atoms with Crippen LogP contribution >= 0.6 is 0 Å². The molecule has 3 aliphatic carbocycles. The first-order chi connectivity index (χ1) is 29.6. The summed E-state index contributed by atoms with van der Waals surface area (Å²) >= 11 is 0. The highest BCUT2D eigenvalue weighted by Gasteiger charge is 2.42. The minimum Gasteiger partial charge on any atom is -0.453 e. The number of aryl methyl sites for hydroxylation is 2. The molecule has 0 radical (unpaired) electrons. The van der Waals surface area contributed by atoms with Crippen molar-refractivity contribution in [2.75, 3.05) is 40.5 Å². The number of benzene rings is 1. The monoisotopic (exact) mass is 833 g/mol. The van der Waals surface area contributed by atoms with Crippen molar-refractivity contribution in [1.29, 1.82) is 0 Å². The Bertz CT molecular complexity index is 2210. The molecule has 61 heavy (non-hydrogen) atoms. The molecule has 1 unspecified atom stereocenters. The Balaban J connectivity index is 0.900. The van der Waals surface area contributed by atoms with Gasteiger partial charge in [-0.25, -0.2) is 14.6 Å². The van der Waals surface area contributed by atoms with Gasteiger partial charge >= 0.3 is 12.2 Å². The fraction of sp³-hybridized carbons (Fsp3) is 0.574. The van der Waals surface area contributed by atoms with Crippen LogP contribution < -0.4 is 10.6 Å². The van der Waals surface area contributed by atoms with Gasteiger partial charge in [-0.2, -0.15) is 0 Å². The van der Waals surface area contributed by atoms with Gasteiger partial charge in [0.1, 0.15) is 17.9 Å². The lowest BCUT2D eigenvalue weighted by Gasteiger charge is -2.38. The summed E-state index contributed by atoms with van der Waals surface area (Å²) in [7, 11) is 2.64. The molecule has 1 aromatic carbocycles. The van der Waals surface area contributed by atoms with Gasteiger partial charge < -0.3 is 39.6 Å². The third-order valence-corrected chi connectivity index (χ3v) is 14.3. The van der Waals surface area contributed by atoms with Gasteiger partial charge in [0.25, 0.3) is 0 Å². The van der Waals surface area contributed by atoms with E-state index < -0.39 is 24.3 Å². The minimum absolute atomic E-state index is 0.0150. The topological polar surface area (TPSA) is 168 Å². The first kappa shape index (κ1) is 41.1. The van der Waals surface area contributed by atoms with Gasteiger partial charge in [0.15, 0.2) is 0 Å². The van der Waals surface area contributed by atoms with Crippen LogP contribution in [0.25, 0.3) is 16.8 Å². The fourth-order valence-electron chi connectivity index (χ4n) is 11.1. The van der Waals surface area contributed by atoms with Crippen LogP contribution in [0, 0.1) is 17.8 Å². The minimum atomic E-state index is -0.670. The Morgan fingerprint density at radius 2 is 1.56 bits per heavy atom. The summed E-state index contributed by atoms with van der Waals surface area (Å²) in [6, 6.07) is 3.12. The van der Waals surface area contributed by atoms with E-state index in [1.54, 1.807) is 0 Å². The second-order valence-electron chi connectivity index (χ2n) is 18.2. The highest BCUT2D eigenvalue weighted by Crippen LogP contribution is 2.51. The quantitative estimate of drug-likeness (QED) is 0.241. The van der Waals surface area contributed by atoms with Crippen LogP contribution in [0.4, 0.5) is 9.59 Å². The van der Waals surface area contributed by atoms with Crippen LogP contribution in [-0.4, -0.2) is 108 Å². The number of hydrogen-bond acceptors (Lipinski definition) is 9. The molecule has 5 atom stereocenters. The van der Waals surface area contributed by atoms with Gasteiger partial charge in [0, 0.05) is 50.2 Å². The molecular weight excluding hydrogens is 775 g/mol. The Morgan fingerprint density at radius 3 is 2.30 bits per heavy atom. The summed E-state index contributed by atoms with van der Waals surface area (Å²) in [6.07, 6.45) is 15.9. The number of ether oxygens (including phenoxy) is 3. The number of rotatable bonds is 10. The van der Waals surface area contributed by atoms with E-state index in [0.717, 1.165) is 87.0 Å². The van der Waals surface area contributed by atoms with Crippen molar-refractivity contribution in [2.45, 2.75) is 115 Å². The third kappa shape index (κ3) is 7.92. The predicted molar refractivity (Wildman–Crippen MR) is 229 cm³/mol. The largest absolute Gasteiger partial charge is 0.453 e. The van der Waals surface area contributed by atoms with Crippen LogP contribution in [-0.2, 0) is 36.6 Å². The van der Waals surface area contributed by atoms with E-state index in [1.807, 2.05) is 36.0 Å². The van der Waals surface area contributed by atoms with Gasteiger partial charge in [-0.05, 0) is 139 Å². The average Bonchev–Trinajstić information content (AvgIpc) is 4.13. The van der Waals surface area contributed by atoms with Crippen LogP contribution in [0.5, 0.6) is 0 Å². The van der Waals surface area contributed by atoms with Crippen molar-refractivity contribution in [1.82, 2.24) is 30.4 Å². The van der Waals surface area contributed by atoms with Crippen LogP contribution in [0.3, 0.4) is 0 Å². The van der Waals surface area contributed by atoms with E-state index >= 15 is 0 Å². The summed E-state index contributed by atoms with van der Waals surface area (Å²) in [5.41, 5.74) is 13.0. The lowest BCUT2D eigenvalue weighted by molar-refractivity contribution is -0.137. The number of carbonyl (C=O) groups is 4. The molecule has 0 spiro atoms. The van der Waals surface area contributed by atoms with E-state index in [0.29, 0.717) is 45.1 Å². The smallest absolute Gasteiger partial charge is 0.407 e. The number of H-pyrrole nitrogens is 1. The molecule has 324 valence electrons. The maximum atomic E-state index is 14.1. The van der Waals surface area contributed by atoms with Crippen molar-refractivity contribution >= 4 is 35.3 Å². The van der Waals surface area contributed by atoms with Crippen molar-refractivity contribution in [2.24, 2.45) is 22.7 Å². The highest BCUT2D eigenvalue weighted by molar-refractivity contribution is 5.99. The van der Waals surface area contributed by atoms with Gasteiger partial charge in [-0.3, -0.25) is 14.6 Å². The predicted octanol–water partition coefficient (Wildman–Crippen LogP) is 6.58. The maximum absolute atomic E-state index is 14.1. The standard InChI is InChI=1S/C47H59N7O7/c1-26(2)41(51-46(57)59-3)44(55)53-15-5-7-37(53)35-23-34(24-48-35)32-19-28-9-11-30-21-33(22-31-12-10-29(20-32)39(28)40(30)31)36-25-49-43(50-36)38-8-6-16-54(38)45(56)42(52-47(58)60-4)27-13-17-61-18-14-27/h19,21-22,24-27,29,37-38,41-42H,5-18,20,23H2,1-4H3,(H,49,50)(H,51,57)(H,52,58)/t29?,37-,38-,41-,42-/m0/s1. The Hall–Kier alpha value is -5.24. The number of methoxy groups -OCH3 is 2. The van der Waals surface area contributed by atoms with Crippen molar-refractivity contribution in [3.8, 4) is 11.3 Å². The van der Waals surface area contributed by atoms with E-state index in [2.05, 4.69) is 33.8 Å².